The van der Waals surface area contributed by atoms with Gasteiger partial charge in [-0.15, -0.1) is 0 Å². The quantitative estimate of drug-likeness (QED) is 0.760. The Morgan fingerprint density at radius 2 is 1.56 bits per heavy atom. The van der Waals surface area contributed by atoms with E-state index in [2.05, 4.69) is 6.07 Å². The lowest BCUT2D eigenvalue weighted by Crippen LogP contribution is -2.33. The maximum Gasteiger partial charge on any atom is 0.253 e. The van der Waals surface area contributed by atoms with Crippen LogP contribution in [0.4, 0.5) is 0 Å². The Balaban J connectivity index is 2.06. The molecule has 18 heavy (non-hydrogen) atoms. The number of likely N-dealkylation sites (tertiary alicyclic amines) is 1. The lowest BCUT2D eigenvalue weighted by molar-refractivity contribution is 0.0742. The molecular formula is C15H18N2O. The zero-order valence-corrected chi connectivity index (χ0v) is 10.6. The van der Waals surface area contributed by atoms with Gasteiger partial charge in [-0.1, -0.05) is 19.3 Å². The number of nitrogens with zero attached hydrogens (tertiary/aromatic N) is 2. The van der Waals surface area contributed by atoms with Gasteiger partial charge in [-0.2, -0.15) is 5.26 Å². The molecule has 1 aromatic carbocycles. The number of carbonyl (C=O) groups is 1. The van der Waals surface area contributed by atoms with Crippen LogP contribution >= 0.6 is 0 Å². The molecule has 1 heterocycles. The van der Waals surface area contributed by atoms with Crippen molar-refractivity contribution >= 4 is 5.91 Å². The second-order valence-corrected chi connectivity index (χ2v) is 4.75. The number of rotatable bonds is 1. The highest BCUT2D eigenvalue weighted by atomic mass is 16.2. The van der Waals surface area contributed by atoms with Crippen LogP contribution in [-0.4, -0.2) is 23.9 Å². The molecule has 0 atom stereocenters. The van der Waals surface area contributed by atoms with Gasteiger partial charge in [0.05, 0.1) is 11.6 Å². The molecule has 0 radical (unpaired) electrons. The zero-order valence-electron chi connectivity index (χ0n) is 10.6. The van der Waals surface area contributed by atoms with Crippen molar-refractivity contribution in [1.29, 1.82) is 5.26 Å². The first-order valence-corrected chi connectivity index (χ1v) is 6.61. The topological polar surface area (TPSA) is 44.1 Å². The fourth-order valence-electron chi connectivity index (χ4n) is 2.32. The van der Waals surface area contributed by atoms with Gasteiger partial charge in [0.15, 0.2) is 0 Å². The normalized spacial score (nSPS) is 16.5. The molecule has 0 unspecified atom stereocenters. The summed E-state index contributed by atoms with van der Waals surface area (Å²) < 4.78 is 0. The average Bonchev–Trinajstić information content (AvgIpc) is 2.38. The molecule has 0 aromatic heterocycles. The summed E-state index contributed by atoms with van der Waals surface area (Å²) in [6.45, 7) is 1.72. The number of hydrogen-bond acceptors (Lipinski definition) is 2. The molecule has 0 aliphatic carbocycles. The molecule has 3 heteroatoms. The van der Waals surface area contributed by atoms with Gasteiger partial charge in [0.2, 0.25) is 0 Å². The highest BCUT2D eigenvalue weighted by Gasteiger charge is 2.16. The van der Waals surface area contributed by atoms with Gasteiger partial charge in [0.1, 0.15) is 0 Å². The molecule has 1 fully saturated rings. The summed E-state index contributed by atoms with van der Waals surface area (Å²) >= 11 is 0. The number of amides is 1. The molecule has 1 amide bonds. The summed E-state index contributed by atoms with van der Waals surface area (Å²) in [5, 5.41) is 8.74. The molecule has 1 saturated heterocycles. The molecule has 0 N–H and O–H groups in total. The van der Waals surface area contributed by atoms with Crippen LogP contribution in [0.15, 0.2) is 24.3 Å². The first kappa shape index (κ1) is 12.6. The number of hydrogen-bond donors (Lipinski definition) is 0. The minimum Gasteiger partial charge on any atom is -0.339 e. The summed E-state index contributed by atoms with van der Waals surface area (Å²) in [5.74, 6) is 0.0985. The number of carbonyl (C=O) groups excluding carboxylic acids is 1. The molecule has 1 aromatic rings. The van der Waals surface area contributed by atoms with Gasteiger partial charge >= 0.3 is 0 Å². The molecular weight excluding hydrogens is 224 g/mol. The Labute approximate surface area is 108 Å². The van der Waals surface area contributed by atoms with Crippen molar-refractivity contribution in [2.75, 3.05) is 13.1 Å². The fourth-order valence-corrected chi connectivity index (χ4v) is 2.32. The molecule has 2 rings (SSSR count). The Morgan fingerprint density at radius 1 is 1.00 bits per heavy atom. The van der Waals surface area contributed by atoms with Gasteiger partial charge in [0.25, 0.3) is 5.91 Å². The highest BCUT2D eigenvalue weighted by molar-refractivity contribution is 5.94. The third kappa shape index (κ3) is 3.10. The Kier molecular flexibility index (Phi) is 4.35. The monoisotopic (exact) mass is 242 g/mol. The van der Waals surface area contributed by atoms with E-state index in [-0.39, 0.29) is 5.91 Å². The molecule has 94 valence electrons. The summed E-state index contributed by atoms with van der Waals surface area (Å²) in [6, 6.07) is 8.98. The SMILES string of the molecule is N#Cc1ccc(C(=O)N2CCCCCCC2)cc1. The predicted molar refractivity (Wildman–Crippen MR) is 70.1 cm³/mol. The maximum atomic E-state index is 12.3. The maximum absolute atomic E-state index is 12.3. The second-order valence-electron chi connectivity index (χ2n) is 4.75. The number of benzene rings is 1. The third-order valence-corrected chi connectivity index (χ3v) is 3.40. The van der Waals surface area contributed by atoms with Crippen LogP contribution in [0.25, 0.3) is 0 Å². The lowest BCUT2D eigenvalue weighted by Gasteiger charge is -2.24. The highest BCUT2D eigenvalue weighted by Crippen LogP contribution is 2.14. The average molecular weight is 242 g/mol. The first-order valence-electron chi connectivity index (χ1n) is 6.61. The zero-order chi connectivity index (χ0) is 12.8. The van der Waals surface area contributed by atoms with Crippen molar-refractivity contribution in [2.24, 2.45) is 0 Å². The predicted octanol–water partition coefficient (Wildman–Crippen LogP) is 2.96. The van der Waals surface area contributed by atoms with Crippen LogP contribution in [0.3, 0.4) is 0 Å². The Hall–Kier alpha value is -1.82. The van der Waals surface area contributed by atoms with E-state index in [0.717, 1.165) is 25.9 Å². The summed E-state index contributed by atoms with van der Waals surface area (Å²) in [7, 11) is 0. The second kappa shape index (κ2) is 6.20. The van der Waals surface area contributed by atoms with Crippen molar-refractivity contribution in [3.63, 3.8) is 0 Å². The van der Waals surface area contributed by atoms with E-state index in [1.165, 1.54) is 19.3 Å². The summed E-state index contributed by atoms with van der Waals surface area (Å²) in [4.78, 5) is 14.3. The van der Waals surface area contributed by atoms with Crippen molar-refractivity contribution in [3.05, 3.63) is 35.4 Å². The minimum atomic E-state index is 0.0985. The van der Waals surface area contributed by atoms with Crippen LogP contribution < -0.4 is 0 Å². The van der Waals surface area contributed by atoms with Crippen molar-refractivity contribution in [3.8, 4) is 6.07 Å². The van der Waals surface area contributed by atoms with Crippen molar-refractivity contribution in [1.82, 2.24) is 4.90 Å². The molecule has 0 saturated carbocycles. The summed E-state index contributed by atoms with van der Waals surface area (Å²) in [6.07, 6.45) is 5.93. The molecule has 0 spiro atoms. The minimum absolute atomic E-state index is 0.0985. The van der Waals surface area contributed by atoms with Gasteiger partial charge in [0, 0.05) is 18.7 Å². The van der Waals surface area contributed by atoms with Crippen molar-refractivity contribution < 1.29 is 4.79 Å². The largest absolute Gasteiger partial charge is 0.339 e. The lowest BCUT2D eigenvalue weighted by atomic mass is 10.1. The van der Waals surface area contributed by atoms with E-state index >= 15 is 0 Å². The number of nitriles is 1. The van der Waals surface area contributed by atoms with E-state index in [9.17, 15) is 4.79 Å². The fraction of sp³-hybridized carbons (Fsp3) is 0.467. The van der Waals surface area contributed by atoms with Crippen LogP contribution in [-0.2, 0) is 0 Å². The molecule has 3 nitrogen and oxygen atoms in total. The van der Waals surface area contributed by atoms with Gasteiger partial charge in [-0.05, 0) is 37.1 Å². The van der Waals surface area contributed by atoms with E-state index in [4.69, 9.17) is 5.26 Å². The van der Waals surface area contributed by atoms with E-state index in [1.807, 2.05) is 4.90 Å². The smallest absolute Gasteiger partial charge is 0.253 e. The molecule has 1 aliphatic heterocycles. The van der Waals surface area contributed by atoms with E-state index in [1.54, 1.807) is 24.3 Å². The summed E-state index contributed by atoms with van der Waals surface area (Å²) in [5.41, 5.74) is 1.29. The van der Waals surface area contributed by atoms with Gasteiger partial charge in [-0.25, -0.2) is 0 Å². The van der Waals surface area contributed by atoms with Crippen LogP contribution in [0.1, 0.15) is 48.0 Å². The van der Waals surface area contributed by atoms with Crippen molar-refractivity contribution in [2.45, 2.75) is 32.1 Å². The Morgan fingerprint density at radius 3 is 2.11 bits per heavy atom. The molecule has 1 aliphatic rings. The first-order chi connectivity index (χ1) is 8.81. The van der Waals surface area contributed by atoms with Crippen LogP contribution in [0.2, 0.25) is 0 Å². The Bertz CT molecular complexity index is 437. The van der Waals surface area contributed by atoms with Gasteiger partial charge in [-0.3, -0.25) is 4.79 Å². The standard InChI is InChI=1S/C15H18N2O/c16-12-13-6-8-14(9-7-13)15(18)17-10-4-2-1-3-5-11-17/h6-9H,1-5,10-11H2. The van der Waals surface area contributed by atoms with Crippen LogP contribution in [0, 0.1) is 11.3 Å². The third-order valence-electron chi connectivity index (χ3n) is 3.40. The van der Waals surface area contributed by atoms with Gasteiger partial charge < -0.3 is 4.90 Å². The van der Waals surface area contributed by atoms with E-state index < -0.39 is 0 Å². The molecule has 0 bridgehead atoms. The van der Waals surface area contributed by atoms with E-state index in [0.29, 0.717) is 11.1 Å². The van der Waals surface area contributed by atoms with Crippen LogP contribution in [0.5, 0.6) is 0 Å².